The molecule has 9 heteroatoms. The van der Waals surface area contributed by atoms with Crippen LogP contribution in [0.25, 0.3) is 0 Å². The summed E-state index contributed by atoms with van der Waals surface area (Å²) in [4.78, 5) is 24.2. The molecule has 0 saturated heterocycles. The molecule has 3 aromatic carbocycles. The summed E-state index contributed by atoms with van der Waals surface area (Å²) in [5.41, 5.74) is 4.91. The van der Waals surface area contributed by atoms with Gasteiger partial charge < -0.3 is 14.2 Å². The zero-order valence-electron chi connectivity index (χ0n) is 16.8. The molecule has 166 valence electrons. The summed E-state index contributed by atoms with van der Waals surface area (Å²) in [5, 5.41) is 0.731. The Bertz CT molecular complexity index is 1060. The summed E-state index contributed by atoms with van der Waals surface area (Å²) < 4.78 is 16.5. The van der Waals surface area contributed by atoms with Crippen molar-refractivity contribution in [2.45, 2.75) is 0 Å². The summed E-state index contributed by atoms with van der Waals surface area (Å²) in [6.45, 7) is 0.321. The van der Waals surface area contributed by atoms with E-state index in [0.29, 0.717) is 35.3 Å². The highest BCUT2D eigenvalue weighted by molar-refractivity contribution is 6.35. The molecule has 3 rings (SSSR count). The zero-order valence-corrected chi connectivity index (χ0v) is 18.4. The van der Waals surface area contributed by atoms with Crippen LogP contribution in [0, 0.1) is 0 Å². The van der Waals surface area contributed by atoms with E-state index in [0.717, 1.165) is 5.75 Å². The predicted molar refractivity (Wildman–Crippen MR) is 121 cm³/mol. The third-order valence-electron chi connectivity index (χ3n) is 4.03. The number of ether oxygens (including phenoxy) is 3. The molecule has 2 N–H and O–H groups in total. The SMILES string of the molecule is O=C(COc1ccc(Cl)cc1Cl)NNC(=O)c1cccc(OCCOc2ccccc2)c1. The Balaban J connectivity index is 1.41. The Hall–Kier alpha value is -3.42. The molecule has 32 heavy (non-hydrogen) atoms. The smallest absolute Gasteiger partial charge is 0.276 e. The second-order valence-electron chi connectivity index (χ2n) is 6.40. The van der Waals surface area contributed by atoms with Crippen molar-refractivity contribution < 1.29 is 23.8 Å². The molecule has 3 aromatic rings. The lowest BCUT2D eigenvalue weighted by molar-refractivity contribution is -0.123. The van der Waals surface area contributed by atoms with Gasteiger partial charge in [-0.1, -0.05) is 47.5 Å². The molecular formula is C23H20Cl2N2O5. The van der Waals surface area contributed by atoms with Crippen molar-refractivity contribution >= 4 is 35.0 Å². The molecule has 0 aliphatic heterocycles. The molecule has 0 aromatic heterocycles. The molecule has 0 unspecified atom stereocenters. The number of benzene rings is 3. The molecule has 0 aliphatic carbocycles. The van der Waals surface area contributed by atoms with Crippen molar-refractivity contribution in [1.29, 1.82) is 0 Å². The number of carbonyl (C=O) groups is 2. The van der Waals surface area contributed by atoms with Crippen LogP contribution in [0.5, 0.6) is 17.2 Å². The molecular weight excluding hydrogens is 455 g/mol. The Morgan fingerprint density at radius 1 is 0.750 bits per heavy atom. The molecule has 0 bridgehead atoms. The Morgan fingerprint density at radius 2 is 1.47 bits per heavy atom. The fraction of sp³-hybridized carbons (Fsp3) is 0.130. The van der Waals surface area contributed by atoms with Crippen LogP contribution in [-0.4, -0.2) is 31.6 Å². The van der Waals surface area contributed by atoms with Crippen LogP contribution < -0.4 is 25.1 Å². The first kappa shape index (κ1) is 23.2. The summed E-state index contributed by atoms with van der Waals surface area (Å²) in [5.74, 6) is 0.492. The number of hydrazine groups is 1. The van der Waals surface area contributed by atoms with Crippen LogP contribution in [0.3, 0.4) is 0 Å². The van der Waals surface area contributed by atoms with E-state index in [1.54, 1.807) is 36.4 Å². The average molecular weight is 475 g/mol. The van der Waals surface area contributed by atoms with E-state index in [-0.39, 0.29) is 11.6 Å². The summed E-state index contributed by atoms with van der Waals surface area (Å²) in [6, 6.07) is 20.6. The van der Waals surface area contributed by atoms with Crippen LogP contribution in [0.2, 0.25) is 10.0 Å². The summed E-state index contributed by atoms with van der Waals surface area (Å²) in [7, 11) is 0. The standard InChI is InChI=1S/C23H20Cl2N2O5/c24-17-9-10-21(20(25)14-17)32-15-22(28)26-27-23(29)16-5-4-8-19(13-16)31-12-11-30-18-6-2-1-3-7-18/h1-10,13-14H,11-12,15H2,(H,26,28)(H,27,29). The van der Waals surface area contributed by atoms with E-state index in [4.69, 9.17) is 37.4 Å². The van der Waals surface area contributed by atoms with Crippen molar-refractivity contribution in [3.63, 3.8) is 0 Å². The minimum Gasteiger partial charge on any atom is -0.490 e. The lowest BCUT2D eigenvalue weighted by Crippen LogP contribution is -2.43. The van der Waals surface area contributed by atoms with Crippen LogP contribution in [-0.2, 0) is 4.79 Å². The quantitative estimate of drug-likeness (QED) is 0.356. The molecule has 0 saturated carbocycles. The van der Waals surface area contributed by atoms with E-state index in [9.17, 15) is 9.59 Å². The molecule has 2 amide bonds. The number of para-hydroxylation sites is 1. The molecule has 0 aliphatic rings. The molecule has 0 spiro atoms. The Kier molecular flexibility index (Phi) is 8.60. The van der Waals surface area contributed by atoms with Crippen molar-refractivity contribution in [3.05, 3.63) is 88.4 Å². The average Bonchev–Trinajstić information content (AvgIpc) is 2.80. The second-order valence-corrected chi connectivity index (χ2v) is 7.25. The van der Waals surface area contributed by atoms with Gasteiger partial charge in [-0.05, 0) is 48.5 Å². The van der Waals surface area contributed by atoms with Crippen molar-refractivity contribution in [3.8, 4) is 17.2 Å². The largest absolute Gasteiger partial charge is 0.490 e. The predicted octanol–water partition coefficient (Wildman–Crippen LogP) is 4.29. The van der Waals surface area contributed by atoms with Gasteiger partial charge in [-0.15, -0.1) is 0 Å². The van der Waals surface area contributed by atoms with Crippen LogP contribution in [0.4, 0.5) is 0 Å². The molecule has 7 nitrogen and oxygen atoms in total. The number of carbonyl (C=O) groups excluding carboxylic acids is 2. The second kappa shape index (κ2) is 11.8. The minimum atomic E-state index is -0.560. The first-order valence-electron chi connectivity index (χ1n) is 9.59. The van der Waals surface area contributed by atoms with Crippen molar-refractivity contribution in [2.75, 3.05) is 19.8 Å². The third kappa shape index (κ3) is 7.37. The van der Waals surface area contributed by atoms with Gasteiger partial charge in [0, 0.05) is 10.6 Å². The fourth-order valence-corrected chi connectivity index (χ4v) is 3.00. The van der Waals surface area contributed by atoms with Crippen molar-refractivity contribution in [1.82, 2.24) is 10.9 Å². The lowest BCUT2D eigenvalue weighted by atomic mass is 10.2. The van der Waals surface area contributed by atoms with Gasteiger partial charge in [0.1, 0.15) is 30.5 Å². The first-order chi connectivity index (χ1) is 15.5. The summed E-state index contributed by atoms with van der Waals surface area (Å²) >= 11 is 11.8. The lowest BCUT2D eigenvalue weighted by Gasteiger charge is -2.11. The number of rotatable bonds is 9. The number of hydrogen-bond acceptors (Lipinski definition) is 5. The number of hydrogen-bond donors (Lipinski definition) is 2. The van der Waals surface area contributed by atoms with E-state index in [1.807, 2.05) is 30.3 Å². The van der Waals surface area contributed by atoms with Gasteiger partial charge in [-0.25, -0.2) is 0 Å². The highest BCUT2D eigenvalue weighted by Gasteiger charge is 2.10. The van der Waals surface area contributed by atoms with Gasteiger partial charge in [0.05, 0.1) is 5.02 Å². The maximum absolute atomic E-state index is 12.3. The highest BCUT2D eigenvalue weighted by atomic mass is 35.5. The Labute approximate surface area is 195 Å². The molecule has 0 atom stereocenters. The topological polar surface area (TPSA) is 85.9 Å². The van der Waals surface area contributed by atoms with Gasteiger partial charge in [0.15, 0.2) is 6.61 Å². The van der Waals surface area contributed by atoms with E-state index in [2.05, 4.69) is 10.9 Å². The van der Waals surface area contributed by atoms with E-state index < -0.39 is 11.8 Å². The number of halogens is 2. The number of nitrogens with one attached hydrogen (secondary N) is 2. The van der Waals surface area contributed by atoms with Gasteiger partial charge in [-0.3, -0.25) is 20.4 Å². The zero-order chi connectivity index (χ0) is 22.8. The van der Waals surface area contributed by atoms with Crippen LogP contribution in [0.15, 0.2) is 72.8 Å². The van der Waals surface area contributed by atoms with Gasteiger partial charge >= 0.3 is 0 Å². The Morgan fingerprint density at radius 3 is 2.22 bits per heavy atom. The van der Waals surface area contributed by atoms with Crippen LogP contribution in [0.1, 0.15) is 10.4 Å². The molecule has 0 fully saturated rings. The monoisotopic (exact) mass is 474 g/mol. The van der Waals surface area contributed by atoms with E-state index in [1.165, 1.54) is 6.07 Å². The summed E-state index contributed by atoms with van der Waals surface area (Å²) in [6.07, 6.45) is 0. The van der Waals surface area contributed by atoms with Gasteiger partial charge in [0.2, 0.25) is 0 Å². The first-order valence-corrected chi connectivity index (χ1v) is 10.3. The highest BCUT2D eigenvalue weighted by Crippen LogP contribution is 2.27. The number of amides is 2. The molecule has 0 heterocycles. The van der Waals surface area contributed by atoms with Gasteiger partial charge in [-0.2, -0.15) is 0 Å². The maximum atomic E-state index is 12.3. The van der Waals surface area contributed by atoms with Crippen molar-refractivity contribution in [2.24, 2.45) is 0 Å². The van der Waals surface area contributed by atoms with Crippen LogP contribution >= 0.6 is 23.2 Å². The molecule has 0 radical (unpaired) electrons. The van der Waals surface area contributed by atoms with Gasteiger partial charge in [0.25, 0.3) is 11.8 Å². The minimum absolute atomic E-state index is 0.278. The third-order valence-corrected chi connectivity index (χ3v) is 4.56. The fourth-order valence-electron chi connectivity index (χ4n) is 2.53. The normalized spacial score (nSPS) is 10.2. The van der Waals surface area contributed by atoms with E-state index >= 15 is 0 Å². The maximum Gasteiger partial charge on any atom is 0.276 e.